The van der Waals surface area contributed by atoms with Crippen molar-refractivity contribution >= 4 is 17.0 Å². The third-order valence-corrected chi connectivity index (χ3v) is 3.45. The van der Waals surface area contributed by atoms with E-state index in [-0.39, 0.29) is 5.41 Å². The van der Waals surface area contributed by atoms with Crippen LogP contribution in [0, 0.1) is 0 Å². The van der Waals surface area contributed by atoms with E-state index in [1.54, 1.807) is 0 Å². The highest BCUT2D eigenvalue weighted by Gasteiger charge is 2.21. The molecule has 0 saturated heterocycles. The highest BCUT2D eigenvalue weighted by Crippen LogP contribution is 2.20. The number of rotatable bonds is 5. The van der Waals surface area contributed by atoms with E-state index in [2.05, 4.69) is 51.8 Å². The molecule has 2 heterocycles. The zero-order valence-corrected chi connectivity index (χ0v) is 13.2. The van der Waals surface area contributed by atoms with Crippen molar-refractivity contribution in [1.29, 1.82) is 0 Å². The monoisotopic (exact) mass is 299 g/mol. The summed E-state index contributed by atoms with van der Waals surface area (Å²) in [6.45, 7) is 7.84. The Kier molecular flexibility index (Phi) is 3.83. The molecule has 0 aliphatic carbocycles. The van der Waals surface area contributed by atoms with Crippen molar-refractivity contribution in [3.8, 4) is 0 Å². The molecule has 0 spiro atoms. The van der Waals surface area contributed by atoms with Gasteiger partial charge >= 0.3 is 0 Å². The van der Waals surface area contributed by atoms with Gasteiger partial charge in [-0.1, -0.05) is 32.9 Å². The Morgan fingerprint density at radius 3 is 2.82 bits per heavy atom. The van der Waals surface area contributed by atoms with Gasteiger partial charge in [0.15, 0.2) is 0 Å². The maximum Gasteiger partial charge on any atom is 0.263 e. The number of hydrogen-bond donors (Lipinski definition) is 1. The fraction of sp³-hybridized carbons (Fsp3) is 0.438. The van der Waals surface area contributed by atoms with E-state index in [1.165, 1.54) is 0 Å². The molecule has 0 aliphatic rings. The Morgan fingerprint density at radius 1 is 1.23 bits per heavy atom. The lowest BCUT2D eigenvalue weighted by atomic mass is 9.97. The SMILES string of the molecule is CC(C)(C)c1nc(NCCCn2cnc3ccccc32)no1. The van der Waals surface area contributed by atoms with Crippen LogP contribution in [0.15, 0.2) is 35.1 Å². The normalized spacial score (nSPS) is 12.0. The Hall–Kier alpha value is -2.37. The molecule has 0 atom stereocenters. The number of anilines is 1. The van der Waals surface area contributed by atoms with Crippen LogP contribution in [0.4, 0.5) is 5.95 Å². The number of aryl methyl sites for hydroxylation is 1. The quantitative estimate of drug-likeness (QED) is 0.733. The Morgan fingerprint density at radius 2 is 2.05 bits per heavy atom. The van der Waals surface area contributed by atoms with Gasteiger partial charge in [0, 0.05) is 18.5 Å². The lowest BCUT2D eigenvalue weighted by Crippen LogP contribution is -2.12. The summed E-state index contributed by atoms with van der Waals surface area (Å²) >= 11 is 0. The van der Waals surface area contributed by atoms with Crippen molar-refractivity contribution in [1.82, 2.24) is 19.7 Å². The summed E-state index contributed by atoms with van der Waals surface area (Å²) in [7, 11) is 0. The zero-order valence-electron chi connectivity index (χ0n) is 13.2. The van der Waals surface area contributed by atoms with E-state index in [1.807, 2.05) is 24.5 Å². The van der Waals surface area contributed by atoms with Gasteiger partial charge in [-0.25, -0.2) is 4.98 Å². The largest absolute Gasteiger partial charge is 0.352 e. The Bertz CT molecular complexity index is 753. The van der Waals surface area contributed by atoms with E-state index in [0.717, 1.165) is 30.5 Å². The minimum atomic E-state index is -0.122. The molecule has 3 rings (SSSR count). The van der Waals surface area contributed by atoms with Crippen LogP contribution in [0.1, 0.15) is 33.1 Å². The summed E-state index contributed by atoms with van der Waals surface area (Å²) < 4.78 is 7.41. The van der Waals surface area contributed by atoms with Gasteiger partial charge in [-0.05, 0) is 23.7 Å². The second-order valence-electron chi connectivity index (χ2n) is 6.38. The van der Waals surface area contributed by atoms with Crippen LogP contribution in [0.3, 0.4) is 0 Å². The van der Waals surface area contributed by atoms with Gasteiger partial charge in [-0.3, -0.25) is 0 Å². The van der Waals surface area contributed by atoms with Crippen LogP contribution in [-0.2, 0) is 12.0 Å². The molecule has 0 saturated carbocycles. The number of benzene rings is 1. The standard InChI is InChI=1S/C16H21N5O/c1-16(2,3)14-19-15(20-22-14)17-9-6-10-21-11-18-12-7-4-5-8-13(12)21/h4-5,7-8,11H,6,9-10H2,1-3H3,(H,17,20). The average Bonchev–Trinajstić information content (AvgIpc) is 3.10. The van der Waals surface area contributed by atoms with Gasteiger partial charge in [0.25, 0.3) is 5.95 Å². The van der Waals surface area contributed by atoms with Crippen molar-refractivity contribution in [2.75, 3.05) is 11.9 Å². The third kappa shape index (κ3) is 3.10. The van der Waals surface area contributed by atoms with Gasteiger partial charge < -0.3 is 14.4 Å². The predicted octanol–water partition coefficient (Wildman–Crippen LogP) is 3.22. The maximum absolute atomic E-state index is 5.25. The highest BCUT2D eigenvalue weighted by atomic mass is 16.5. The number of hydrogen-bond acceptors (Lipinski definition) is 5. The smallest absolute Gasteiger partial charge is 0.263 e. The van der Waals surface area contributed by atoms with Crippen LogP contribution in [-0.4, -0.2) is 26.2 Å². The van der Waals surface area contributed by atoms with Crippen LogP contribution in [0.25, 0.3) is 11.0 Å². The van der Waals surface area contributed by atoms with Gasteiger partial charge in [-0.2, -0.15) is 4.98 Å². The number of para-hydroxylation sites is 2. The lowest BCUT2D eigenvalue weighted by Gasteiger charge is -2.10. The highest BCUT2D eigenvalue weighted by molar-refractivity contribution is 5.74. The second-order valence-corrected chi connectivity index (χ2v) is 6.38. The molecule has 0 aliphatic heterocycles. The summed E-state index contributed by atoms with van der Waals surface area (Å²) in [5, 5.41) is 7.15. The van der Waals surface area contributed by atoms with Gasteiger partial charge in [0.05, 0.1) is 17.4 Å². The van der Waals surface area contributed by atoms with Gasteiger partial charge in [0.2, 0.25) is 5.89 Å². The van der Waals surface area contributed by atoms with E-state index < -0.39 is 0 Å². The Balaban J connectivity index is 1.52. The van der Waals surface area contributed by atoms with Crippen molar-refractivity contribution in [2.45, 2.75) is 39.2 Å². The fourth-order valence-electron chi connectivity index (χ4n) is 2.24. The molecule has 0 fully saturated rings. The topological polar surface area (TPSA) is 68.8 Å². The third-order valence-electron chi connectivity index (χ3n) is 3.45. The molecule has 1 N–H and O–H groups in total. The van der Waals surface area contributed by atoms with Crippen LogP contribution < -0.4 is 5.32 Å². The molecule has 0 unspecified atom stereocenters. The van der Waals surface area contributed by atoms with E-state index >= 15 is 0 Å². The number of nitrogens with zero attached hydrogens (tertiary/aromatic N) is 4. The number of nitrogens with one attached hydrogen (secondary N) is 1. The first kappa shape index (κ1) is 14.6. The molecule has 1 aromatic carbocycles. The molecular weight excluding hydrogens is 278 g/mol. The van der Waals surface area contributed by atoms with Crippen molar-refractivity contribution < 1.29 is 4.52 Å². The van der Waals surface area contributed by atoms with E-state index in [4.69, 9.17) is 4.52 Å². The molecule has 6 heteroatoms. The lowest BCUT2D eigenvalue weighted by molar-refractivity contribution is 0.321. The first-order valence-electron chi connectivity index (χ1n) is 7.52. The van der Waals surface area contributed by atoms with Crippen molar-refractivity contribution in [3.05, 3.63) is 36.5 Å². The average molecular weight is 299 g/mol. The summed E-state index contributed by atoms with van der Waals surface area (Å²) in [4.78, 5) is 8.75. The second kappa shape index (κ2) is 5.79. The molecule has 0 amide bonds. The summed E-state index contributed by atoms with van der Waals surface area (Å²) in [6, 6.07) is 8.15. The number of fused-ring (bicyclic) bond motifs is 1. The zero-order chi connectivity index (χ0) is 15.6. The minimum absolute atomic E-state index is 0.122. The number of imidazole rings is 1. The molecule has 22 heavy (non-hydrogen) atoms. The molecular formula is C16H21N5O. The van der Waals surface area contributed by atoms with Gasteiger partial charge in [0.1, 0.15) is 0 Å². The predicted molar refractivity (Wildman–Crippen MR) is 85.8 cm³/mol. The van der Waals surface area contributed by atoms with Crippen LogP contribution in [0.5, 0.6) is 0 Å². The van der Waals surface area contributed by atoms with Crippen LogP contribution >= 0.6 is 0 Å². The van der Waals surface area contributed by atoms with Crippen molar-refractivity contribution in [2.24, 2.45) is 0 Å². The number of aromatic nitrogens is 4. The van der Waals surface area contributed by atoms with Gasteiger partial charge in [-0.15, -0.1) is 0 Å². The fourth-order valence-corrected chi connectivity index (χ4v) is 2.24. The van der Waals surface area contributed by atoms with Crippen molar-refractivity contribution in [3.63, 3.8) is 0 Å². The van der Waals surface area contributed by atoms with E-state index in [0.29, 0.717) is 11.8 Å². The van der Waals surface area contributed by atoms with E-state index in [9.17, 15) is 0 Å². The molecule has 6 nitrogen and oxygen atoms in total. The molecule has 0 bridgehead atoms. The maximum atomic E-state index is 5.25. The molecule has 0 radical (unpaired) electrons. The molecule has 2 aromatic heterocycles. The first-order valence-corrected chi connectivity index (χ1v) is 7.52. The summed E-state index contributed by atoms with van der Waals surface area (Å²) in [6.07, 6.45) is 2.84. The minimum Gasteiger partial charge on any atom is -0.352 e. The summed E-state index contributed by atoms with van der Waals surface area (Å²) in [5.74, 6) is 1.20. The molecule has 3 aromatic rings. The first-order chi connectivity index (χ1) is 10.5. The van der Waals surface area contributed by atoms with Crippen LogP contribution in [0.2, 0.25) is 0 Å². The summed E-state index contributed by atoms with van der Waals surface area (Å²) in [5.41, 5.74) is 2.07. The Labute approximate surface area is 129 Å². The molecule has 116 valence electrons.